The summed E-state index contributed by atoms with van der Waals surface area (Å²) < 4.78 is 5.15. The standard InChI is InChI=1S/C20H30N4O4/c1-14-5-3-6-16(15(14)2)21-20(27)22-18(25)13-23-8-10-24(11-9-23)19(26)17-7-4-12-28-17/h4,7,12,14-16H,3,5-6,8-11,13H2,1-2H3,(H2,21,22,25,27). The molecule has 0 bridgehead atoms. The fraction of sp³-hybridized carbons (Fsp3) is 0.650. The molecule has 2 N–H and O–H groups in total. The molecule has 8 heteroatoms. The van der Waals surface area contributed by atoms with E-state index in [4.69, 9.17) is 4.42 Å². The highest BCUT2D eigenvalue weighted by Crippen LogP contribution is 2.29. The van der Waals surface area contributed by atoms with Crippen molar-refractivity contribution in [3.05, 3.63) is 24.2 Å². The molecule has 1 saturated heterocycles. The maximum absolute atomic E-state index is 12.3. The van der Waals surface area contributed by atoms with E-state index in [2.05, 4.69) is 24.5 Å². The lowest BCUT2D eigenvalue weighted by molar-refractivity contribution is -0.121. The number of carbonyl (C=O) groups excluding carboxylic acids is 3. The number of furan rings is 1. The van der Waals surface area contributed by atoms with Gasteiger partial charge in [-0.3, -0.25) is 19.8 Å². The zero-order valence-electron chi connectivity index (χ0n) is 16.6. The monoisotopic (exact) mass is 390 g/mol. The van der Waals surface area contributed by atoms with Crippen LogP contribution in [0.1, 0.15) is 43.7 Å². The number of piperazine rings is 1. The van der Waals surface area contributed by atoms with Gasteiger partial charge in [-0.25, -0.2) is 4.79 Å². The van der Waals surface area contributed by atoms with Crippen molar-refractivity contribution in [1.29, 1.82) is 0 Å². The SMILES string of the molecule is CC1CCCC(NC(=O)NC(=O)CN2CCN(C(=O)c3ccco3)CC2)C1C. The lowest BCUT2D eigenvalue weighted by Crippen LogP contribution is -2.53. The Labute approximate surface area is 165 Å². The number of nitrogens with one attached hydrogen (secondary N) is 2. The topological polar surface area (TPSA) is 94.9 Å². The third kappa shape index (κ3) is 5.13. The number of carbonyl (C=O) groups is 3. The molecule has 2 heterocycles. The van der Waals surface area contributed by atoms with E-state index in [0.717, 1.165) is 12.8 Å². The predicted molar refractivity (Wildman–Crippen MR) is 104 cm³/mol. The Morgan fingerprint density at radius 3 is 2.57 bits per heavy atom. The Morgan fingerprint density at radius 2 is 1.89 bits per heavy atom. The van der Waals surface area contributed by atoms with Gasteiger partial charge < -0.3 is 14.6 Å². The van der Waals surface area contributed by atoms with Crippen LogP contribution in [0.5, 0.6) is 0 Å². The van der Waals surface area contributed by atoms with Gasteiger partial charge in [-0.05, 0) is 30.4 Å². The van der Waals surface area contributed by atoms with Crippen molar-refractivity contribution < 1.29 is 18.8 Å². The zero-order chi connectivity index (χ0) is 20.1. The first-order valence-corrected chi connectivity index (χ1v) is 10.1. The molecule has 1 saturated carbocycles. The summed E-state index contributed by atoms with van der Waals surface area (Å²) in [5, 5.41) is 5.39. The van der Waals surface area contributed by atoms with Crippen molar-refractivity contribution in [3.63, 3.8) is 0 Å². The van der Waals surface area contributed by atoms with Crippen LogP contribution in [0.4, 0.5) is 4.79 Å². The number of nitrogens with zero attached hydrogens (tertiary/aromatic N) is 2. The molecular formula is C20H30N4O4. The second-order valence-electron chi connectivity index (χ2n) is 7.94. The van der Waals surface area contributed by atoms with E-state index in [0.29, 0.717) is 43.8 Å². The summed E-state index contributed by atoms with van der Waals surface area (Å²) in [7, 11) is 0. The number of urea groups is 1. The van der Waals surface area contributed by atoms with Crippen LogP contribution in [0.2, 0.25) is 0 Å². The molecule has 3 unspecified atom stereocenters. The molecule has 1 aromatic heterocycles. The van der Waals surface area contributed by atoms with Gasteiger partial charge in [-0.2, -0.15) is 0 Å². The molecule has 1 aliphatic carbocycles. The molecule has 3 atom stereocenters. The van der Waals surface area contributed by atoms with E-state index in [1.807, 2.05) is 4.90 Å². The van der Waals surface area contributed by atoms with Crippen LogP contribution >= 0.6 is 0 Å². The normalized spacial score (nSPS) is 25.9. The summed E-state index contributed by atoms with van der Waals surface area (Å²) in [4.78, 5) is 40.3. The minimum atomic E-state index is -0.414. The Balaban J connectivity index is 1.38. The summed E-state index contributed by atoms with van der Waals surface area (Å²) in [5.74, 6) is 0.863. The van der Waals surface area contributed by atoms with Crippen LogP contribution in [0.15, 0.2) is 22.8 Å². The third-order valence-corrected chi connectivity index (χ3v) is 6.03. The molecule has 3 rings (SSSR count). The molecule has 1 aliphatic heterocycles. The van der Waals surface area contributed by atoms with Gasteiger partial charge in [0, 0.05) is 32.2 Å². The lowest BCUT2D eigenvalue weighted by Gasteiger charge is -2.35. The highest BCUT2D eigenvalue weighted by atomic mass is 16.3. The van der Waals surface area contributed by atoms with E-state index in [-0.39, 0.29) is 24.4 Å². The van der Waals surface area contributed by atoms with Gasteiger partial charge in [-0.15, -0.1) is 0 Å². The van der Waals surface area contributed by atoms with Crippen LogP contribution in [0.3, 0.4) is 0 Å². The van der Waals surface area contributed by atoms with Crippen LogP contribution in [0, 0.1) is 11.8 Å². The molecule has 2 aliphatic rings. The molecule has 1 aromatic rings. The highest BCUT2D eigenvalue weighted by Gasteiger charge is 2.29. The van der Waals surface area contributed by atoms with Crippen molar-refractivity contribution in [2.75, 3.05) is 32.7 Å². The average Bonchev–Trinajstić information content (AvgIpc) is 3.20. The zero-order valence-corrected chi connectivity index (χ0v) is 16.6. The summed E-state index contributed by atoms with van der Waals surface area (Å²) in [5.41, 5.74) is 0. The van der Waals surface area contributed by atoms with Crippen molar-refractivity contribution in [3.8, 4) is 0 Å². The quantitative estimate of drug-likeness (QED) is 0.816. The predicted octanol–water partition coefficient (Wildman–Crippen LogP) is 1.69. The summed E-state index contributed by atoms with van der Waals surface area (Å²) in [6.45, 7) is 6.72. The molecule has 28 heavy (non-hydrogen) atoms. The Kier molecular flexibility index (Phi) is 6.72. The van der Waals surface area contributed by atoms with Crippen LogP contribution < -0.4 is 10.6 Å². The van der Waals surface area contributed by atoms with E-state index >= 15 is 0 Å². The Bertz CT molecular complexity index is 682. The Morgan fingerprint density at radius 1 is 1.14 bits per heavy atom. The van der Waals surface area contributed by atoms with Crippen LogP contribution in [-0.2, 0) is 4.79 Å². The van der Waals surface area contributed by atoms with Crippen LogP contribution in [-0.4, -0.2) is 66.4 Å². The smallest absolute Gasteiger partial charge is 0.321 e. The fourth-order valence-electron chi connectivity index (χ4n) is 4.02. The molecule has 0 aromatic carbocycles. The van der Waals surface area contributed by atoms with Gasteiger partial charge in [0.05, 0.1) is 12.8 Å². The van der Waals surface area contributed by atoms with E-state index in [9.17, 15) is 14.4 Å². The second-order valence-corrected chi connectivity index (χ2v) is 7.94. The van der Waals surface area contributed by atoms with Gasteiger partial charge in [0.25, 0.3) is 5.91 Å². The van der Waals surface area contributed by atoms with Gasteiger partial charge in [0.15, 0.2) is 5.76 Å². The third-order valence-electron chi connectivity index (χ3n) is 6.03. The van der Waals surface area contributed by atoms with Crippen molar-refractivity contribution in [2.24, 2.45) is 11.8 Å². The molecule has 154 valence electrons. The maximum atomic E-state index is 12.3. The van der Waals surface area contributed by atoms with Crippen molar-refractivity contribution in [2.45, 2.75) is 39.2 Å². The van der Waals surface area contributed by atoms with E-state index < -0.39 is 6.03 Å². The Hall–Kier alpha value is -2.35. The van der Waals surface area contributed by atoms with E-state index in [1.54, 1.807) is 17.0 Å². The van der Waals surface area contributed by atoms with Gasteiger partial charge in [-0.1, -0.05) is 26.7 Å². The van der Waals surface area contributed by atoms with Gasteiger partial charge in [0.2, 0.25) is 5.91 Å². The molecule has 0 radical (unpaired) electrons. The number of imide groups is 1. The first-order chi connectivity index (χ1) is 13.4. The first-order valence-electron chi connectivity index (χ1n) is 10.1. The summed E-state index contributed by atoms with van der Waals surface area (Å²) in [6, 6.07) is 3.04. The second kappa shape index (κ2) is 9.23. The number of hydrogen-bond donors (Lipinski definition) is 2. The van der Waals surface area contributed by atoms with Gasteiger partial charge in [0.1, 0.15) is 0 Å². The van der Waals surface area contributed by atoms with Crippen molar-refractivity contribution >= 4 is 17.8 Å². The average molecular weight is 390 g/mol. The first kappa shape index (κ1) is 20.4. The number of amides is 4. The molecule has 0 spiro atoms. The lowest BCUT2D eigenvalue weighted by atomic mass is 9.78. The maximum Gasteiger partial charge on any atom is 0.321 e. The molecule has 8 nitrogen and oxygen atoms in total. The van der Waals surface area contributed by atoms with E-state index in [1.165, 1.54) is 12.7 Å². The number of hydrogen-bond acceptors (Lipinski definition) is 5. The molecule has 4 amide bonds. The minimum absolute atomic E-state index is 0.118. The fourth-order valence-corrected chi connectivity index (χ4v) is 4.02. The van der Waals surface area contributed by atoms with Gasteiger partial charge >= 0.3 is 6.03 Å². The van der Waals surface area contributed by atoms with Crippen molar-refractivity contribution in [1.82, 2.24) is 20.4 Å². The van der Waals surface area contributed by atoms with Crippen LogP contribution in [0.25, 0.3) is 0 Å². The largest absolute Gasteiger partial charge is 0.459 e. The summed E-state index contributed by atoms with van der Waals surface area (Å²) >= 11 is 0. The highest BCUT2D eigenvalue weighted by molar-refractivity contribution is 5.95. The number of rotatable bonds is 4. The molecular weight excluding hydrogens is 360 g/mol. The minimum Gasteiger partial charge on any atom is -0.459 e. The molecule has 2 fully saturated rings. The summed E-state index contributed by atoms with van der Waals surface area (Å²) in [6.07, 6.45) is 4.73.